The molecule has 5 heteroatoms. The molecule has 0 aliphatic rings. The average Bonchev–Trinajstić information content (AvgIpc) is 2.98. The summed E-state index contributed by atoms with van der Waals surface area (Å²) in [5.74, 6) is 1.40. The van der Waals surface area contributed by atoms with E-state index in [1.165, 1.54) is 9.75 Å². The van der Waals surface area contributed by atoms with Crippen molar-refractivity contribution in [3.05, 3.63) is 33.6 Å². The Bertz CT molecular complexity index is 492. The number of rotatable bonds is 6. The zero-order valence-electron chi connectivity index (χ0n) is 11.1. The van der Waals surface area contributed by atoms with E-state index < -0.39 is 0 Å². The lowest BCUT2D eigenvalue weighted by Crippen LogP contribution is -2.20. The summed E-state index contributed by atoms with van der Waals surface area (Å²) in [5, 5.41) is 7.25. The average molecular weight is 265 g/mol. The Morgan fingerprint density at radius 1 is 1.44 bits per heavy atom. The molecule has 1 atom stereocenters. The van der Waals surface area contributed by atoms with Gasteiger partial charge < -0.3 is 9.84 Å². The van der Waals surface area contributed by atoms with E-state index in [0.29, 0.717) is 17.8 Å². The van der Waals surface area contributed by atoms with Gasteiger partial charge in [-0.2, -0.15) is 4.98 Å². The SMILES string of the molecule is CCc1ccc(C(C)NCCc2nc(C)no2)s1. The Balaban J connectivity index is 1.79. The molecule has 0 amide bonds. The molecule has 0 radical (unpaired) electrons. The molecule has 0 aromatic carbocycles. The van der Waals surface area contributed by atoms with Crippen LogP contribution in [0.2, 0.25) is 0 Å². The molecule has 1 N–H and O–H groups in total. The fourth-order valence-corrected chi connectivity index (χ4v) is 2.73. The number of aryl methyl sites for hydroxylation is 2. The van der Waals surface area contributed by atoms with Gasteiger partial charge in [0.05, 0.1) is 0 Å². The molecule has 0 spiro atoms. The van der Waals surface area contributed by atoms with E-state index in [9.17, 15) is 0 Å². The van der Waals surface area contributed by atoms with Crippen LogP contribution in [0.1, 0.15) is 41.4 Å². The third-order valence-corrected chi connectivity index (χ3v) is 4.23. The highest BCUT2D eigenvalue weighted by Crippen LogP contribution is 2.23. The Labute approximate surface area is 111 Å². The van der Waals surface area contributed by atoms with Crippen LogP contribution in [0, 0.1) is 6.92 Å². The van der Waals surface area contributed by atoms with Crippen molar-refractivity contribution in [2.45, 2.75) is 39.7 Å². The van der Waals surface area contributed by atoms with Crippen LogP contribution in [0.5, 0.6) is 0 Å². The maximum atomic E-state index is 5.07. The maximum absolute atomic E-state index is 5.07. The van der Waals surface area contributed by atoms with E-state index in [1.807, 2.05) is 18.3 Å². The molecule has 2 heterocycles. The normalized spacial score (nSPS) is 12.8. The maximum Gasteiger partial charge on any atom is 0.227 e. The third kappa shape index (κ3) is 3.40. The quantitative estimate of drug-likeness (QED) is 0.872. The van der Waals surface area contributed by atoms with Crippen LogP contribution < -0.4 is 5.32 Å². The molecule has 1 unspecified atom stereocenters. The lowest BCUT2D eigenvalue weighted by Gasteiger charge is -2.10. The fraction of sp³-hybridized carbons (Fsp3) is 0.538. The molecule has 0 fully saturated rings. The molecule has 4 nitrogen and oxygen atoms in total. The summed E-state index contributed by atoms with van der Waals surface area (Å²) in [7, 11) is 0. The third-order valence-electron chi connectivity index (χ3n) is 2.82. The number of hydrogen-bond acceptors (Lipinski definition) is 5. The summed E-state index contributed by atoms with van der Waals surface area (Å²) in [6.07, 6.45) is 1.88. The number of hydrogen-bond donors (Lipinski definition) is 1. The van der Waals surface area contributed by atoms with Crippen LogP contribution in [-0.2, 0) is 12.8 Å². The number of thiophene rings is 1. The Morgan fingerprint density at radius 3 is 2.89 bits per heavy atom. The highest BCUT2D eigenvalue weighted by Gasteiger charge is 2.08. The van der Waals surface area contributed by atoms with Gasteiger partial charge in [0.15, 0.2) is 5.82 Å². The molecule has 0 saturated carbocycles. The molecule has 18 heavy (non-hydrogen) atoms. The van der Waals surface area contributed by atoms with Crippen LogP contribution in [0.4, 0.5) is 0 Å². The summed E-state index contributed by atoms with van der Waals surface area (Å²) in [6.45, 7) is 7.05. The van der Waals surface area contributed by atoms with Crippen molar-refractivity contribution >= 4 is 11.3 Å². The van der Waals surface area contributed by atoms with Gasteiger partial charge in [-0.3, -0.25) is 0 Å². The molecule has 2 rings (SSSR count). The van der Waals surface area contributed by atoms with Gasteiger partial charge >= 0.3 is 0 Å². The lowest BCUT2D eigenvalue weighted by molar-refractivity contribution is 0.370. The summed E-state index contributed by atoms with van der Waals surface area (Å²) < 4.78 is 5.07. The molecule has 0 aliphatic carbocycles. The van der Waals surface area contributed by atoms with E-state index in [2.05, 4.69) is 41.4 Å². The Morgan fingerprint density at radius 2 is 2.28 bits per heavy atom. The Kier molecular flexibility index (Phi) is 4.49. The monoisotopic (exact) mass is 265 g/mol. The molecule has 98 valence electrons. The van der Waals surface area contributed by atoms with Gasteiger partial charge in [-0.25, -0.2) is 0 Å². The molecule has 0 saturated heterocycles. The van der Waals surface area contributed by atoms with Crippen LogP contribution in [0.25, 0.3) is 0 Å². The second-order valence-electron chi connectivity index (χ2n) is 4.32. The predicted molar refractivity (Wildman–Crippen MR) is 72.9 cm³/mol. The highest BCUT2D eigenvalue weighted by atomic mass is 32.1. The lowest BCUT2D eigenvalue weighted by atomic mass is 10.2. The van der Waals surface area contributed by atoms with E-state index in [-0.39, 0.29) is 0 Å². The molecule has 0 bridgehead atoms. The van der Waals surface area contributed by atoms with Crippen molar-refractivity contribution in [3.8, 4) is 0 Å². The topological polar surface area (TPSA) is 51.0 Å². The standard InChI is InChI=1S/C13H19N3OS/c1-4-11-5-6-12(18-11)9(2)14-8-7-13-15-10(3)16-17-13/h5-6,9,14H,4,7-8H2,1-3H3. The summed E-state index contributed by atoms with van der Waals surface area (Å²) >= 11 is 1.88. The summed E-state index contributed by atoms with van der Waals surface area (Å²) in [4.78, 5) is 7.00. The minimum absolute atomic E-state index is 0.374. The zero-order valence-corrected chi connectivity index (χ0v) is 11.9. The van der Waals surface area contributed by atoms with Gasteiger partial charge in [-0.15, -0.1) is 11.3 Å². The molecular weight excluding hydrogens is 246 g/mol. The summed E-state index contributed by atoms with van der Waals surface area (Å²) in [5.41, 5.74) is 0. The van der Waals surface area contributed by atoms with Crippen molar-refractivity contribution in [1.82, 2.24) is 15.5 Å². The van der Waals surface area contributed by atoms with Crippen molar-refractivity contribution < 1.29 is 4.52 Å². The first-order valence-corrected chi connectivity index (χ1v) is 7.12. The van der Waals surface area contributed by atoms with E-state index in [1.54, 1.807) is 0 Å². The van der Waals surface area contributed by atoms with Gasteiger partial charge in [0.2, 0.25) is 5.89 Å². The Hall–Kier alpha value is -1.20. The van der Waals surface area contributed by atoms with Gasteiger partial charge in [0.25, 0.3) is 0 Å². The molecule has 2 aromatic rings. The second kappa shape index (κ2) is 6.11. The minimum Gasteiger partial charge on any atom is -0.339 e. The van der Waals surface area contributed by atoms with E-state index in [0.717, 1.165) is 19.4 Å². The van der Waals surface area contributed by atoms with E-state index >= 15 is 0 Å². The molecule has 0 aliphatic heterocycles. The number of nitrogens with zero attached hydrogens (tertiary/aromatic N) is 2. The number of nitrogens with one attached hydrogen (secondary N) is 1. The first kappa shape index (κ1) is 13.2. The van der Waals surface area contributed by atoms with Crippen LogP contribution in [0.15, 0.2) is 16.7 Å². The van der Waals surface area contributed by atoms with Gasteiger partial charge in [0, 0.05) is 28.8 Å². The smallest absolute Gasteiger partial charge is 0.227 e. The van der Waals surface area contributed by atoms with Gasteiger partial charge in [-0.1, -0.05) is 12.1 Å². The highest BCUT2D eigenvalue weighted by molar-refractivity contribution is 7.12. The fourth-order valence-electron chi connectivity index (χ4n) is 1.76. The zero-order chi connectivity index (χ0) is 13.0. The van der Waals surface area contributed by atoms with E-state index in [4.69, 9.17) is 4.52 Å². The second-order valence-corrected chi connectivity index (χ2v) is 5.52. The minimum atomic E-state index is 0.374. The van der Waals surface area contributed by atoms with Crippen molar-refractivity contribution in [1.29, 1.82) is 0 Å². The number of aromatic nitrogens is 2. The summed E-state index contributed by atoms with van der Waals surface area (Å²) in [6, 6.07) is 4.79. The van der Waals surface area contributed by atoms with Gasteiger partial charge in [-0.05, 0) is 32.4 Å². The first-order chi connectivity index (χ1) is 8.69. The first-order valence-electron chi connectivity index (χ1n) is 6.30. The predicted octanol–water partition coefficient (Wildman–Crippen LogP) is 2.90. The van der Waals surface area contributed by atoms with Gasteiger partial charge in [0.1, 0.15) is 0 Å². The van der Waals surface area contributed by atoms with Crippen LogP contribution >= 0.6 is 11.3 Å². The van der Waals surface area contributed by atoms with Crippen LogP contribution in [-0.4, -0.2) is 16.7 Å². The largest absolute Gasteiger partial charge is 0.339 e. The molecular formula is C13H19N3OS. The van der Waals surface area contributed by atoms with Crippen molar-refractivity contribution in [2.75, 3.05) is 6.54 Å². The molecule has 2 aromatic heterocycles. The van der Waals surface area contributed by atoms with Crippen molar-refractivity contribution in [3.63, 3.8) is 0 Å². The van der Waals surface area contributed by atoms with Crippen LogP contribution in [0.3, 0.4) is 0 Å². The van der Waals surface area contributed by atoms with Crippen molar-refractivity contribution in [2.24, 2.45) is 0 Å².